The molecule has 0 spiro atoms. The maximum atomic E-state index is 13.3. The van der Waals surface area contributed by atoms with Crippen LogP contribution in [0.15, 0.2) is 59.5 Å². The third-order valence-electron chi connectivity index (χ3n) is 4.04. The first-order valence-corrected chi connectivity index (χ1v) is 9.89. The summed E-state index contributed by atoms with van der Waals surface area (Å²) in [5, 5.41) is 9.46. The molecule has 2 N–H and O–H groups in total. The van der Waals surface area contributed by atoms with E-state index in [0.717, 1.165) is 9.87 Å². The second-order valence-corrected chi connectivity index (χ2v) is 8.28. The van der Waals surface area contributed by atoms with E-state index >= 15 is 0 Å². The lowest BCUT2D eigenvalue weighted by Gasteiger charge is -2.32. The quantitative estimate of drug-likeness (QED) is 0.672. The molecule has 2 rings (SSSR count). The van der Waals surface area contributed by atoms with Gasteiger partial charge in [0.1, 0.15) is 11.8 Å². The molecule has 2 aromatic carbocycles. The fourth-order valence-corrected chi connectivity index (χ4v) is 4.48. The van der Waals surface area contributed by atoms with E-state index in [4.69, 9.17) is 4.84 Å². The van der Waals surface area contributed by atoms with E-state index in [2.05, 4.69) is 5.48 Å². The summed E-state index contributed by atoms with van der Waals surface area (Å²) in [7, 11) is -2.72. The zero-order valence-electron chi connectivity index (χ0n) is 15.5. The van der Waals surface area contributed by atoms with Crippen molar-refractivity contribution in [3.63, 3.8) is 0 Å². The smallest absolute Gasteiger partial charge is 0.262 e. The van der Waals surface area contributed by atoms with Crippen LogP contribution in [0, 0.1) is 5.92 Å². The van der Waals surface area contributed by atoms with Crippen LogP contribution >= 0.6 is 0 Å². The van der Waals surface area contributed by atoms with E-state index in [9.17, 15) is 18.3 Å². The van der Waals surface area contributed by atoms with Gasteiger partial charge in [-0.15, -0.1) is 0 Å². The van der Waals surface area contributed by atoms with Gasteiger partial charge < -0.3 is 5.11 Å². The fourth-order valence-electron chi connectivity index (χ4n) is 2.78. The van der Waals surface area contributed by atoms with Crippen LogP contribution in [-0.4, -0.2) is 36.9 Å². The summed E-state index contributed by atoms with van der Waals surface area (Å²) < 4.78 is 27.8. The number of hydrogen-bond acceptors (Lipinski definition) is 5. The van der Waals surface area contributed by atoms with Crippen LogP contribution in [0.4, 0.5) is 0 Å². The Labute approximate surface area is 159 Å². The highest BCUT2D eigenvalue weighted by Crippen LogP contribution is 2.26. The maximum absolute atomic E-state index is 13.3. The Balaban J connectivity index is 2.53. The molecule has 0 bridgehead atoms. The van der Waals surface area contributed by atoms with Gasteiger partial charge in [0.15, 0.2) is 0 Å². The maximum Gasteiger partial charge on any atom is 0.262 e. The number of rotatable bonds is 8. The predicted octanol–water partition coefficient (Wildman–Crippen LogP) is 2.29. The highest BCUT2D eigenvalue weighted by molar-refractivity contribution is 7.89. The van der Waals surface area contributed by atoms with Crippen molar-refractivity contribution >= 4 is 15.9 Å². The van der Waals surface area contributed by atoms with E-state index < -0.39 is 22.0 Å². The minimum absolute atomic E-state index is 0.00732. The molecule has 146 valence electrons. The van der Waals surface area contributed by atoms with Crippen LogP contribution in [-0.2, 0) is 26.2 Å². The van der Waals surface area contributed by atoms with Crippen molar-refractivity contribution in [3.8, 4) is 5.75 Å². The van der Waals surface area contributed by atoms with Crippen LogP contribution < -0.4 is 5.48 Å². The second kappa shape index (κ2) is 8.98. The predicted molar refractivity (Wildman–Crippen MR) is 101 cm³/mol. The summed E-state index contributed by atoms with van der Waals surface area (Å²) in [6.45, 7) is 3.55. The Morgan fingerprint density at radius 3 is 2.22 bits per heavy atom. The molecule has 0 fully saturated rings. The molecule has 8 heteroatoms. The average molecular weight is 392 g/mol. The molecule has 0 aromatic heterocycles. The highest BCUT2D eigenvalue weighted by atomic mass is 32.2. The number of sulfonamides is 1. The third-order valence-corrected chi connectivity index (χ3v) is 5.88. The monoisotopic (exact) mass is 392 g/mol. The minimum Gasteiger partial charge on any atom is -0.508 e. The standard InChI is InChI=1S/C19H24N2O5S/c1-14(2)18(19(23)20-26-3)21(13-15-7-5-4-6-8-15)27(24,25)17-11-9-16(22)10-12-17/h4-12,14,18,22H,13H2,1-3H3,(H,20,23)/t18-/m1/s1. The Kier molecular flexibility index (Phi) is 6.95. The Morgan fingerprint density at radius 2 is 1.70 bits per heavy atom. The average Bonchev–Trinajstić information content (AvgIpc) is 2.62. The Hall–Kier alpha value is -2.42. The van der Waals surface area contributed by atoms with Crippen molar-refractivity contribution in [2.24, 2.45) is 5.92 Å². The van der Waals surface area contributed by atoms with Gasteiger partial charge in [-0.3, -0.25) is 9.63 Å². The highest BCUT2D eigenvalue weighted by Gasteiger charge is 2.38. The molecule has 0 heterocycles. The van der Waals surface area contributed by atoms with Gasteiger partial charge >= 0.3 is 0 Å². The summed E-state index contributed by atoms with van der Waals surface area (Å²) in [4.78, 5) is 17.3. The third kappa shape index (κ3) is 5.06. The molecule has 0 saturated carbocycles. The molecule has 0 aliphatic carbocycles. The first-order valence-electron chi connectivity index (χ1n) is 8.45. The van der Waals surface area contributed by atoms with Crippen LogP contribution in [0.5, 0.6) is 5.75 Å². The Morgan fingerprint density at radius 1 is 1.11 bits per heavy atom. The fraction of sp³-hybridized carbons (Fsp3) is 0.316. The summed E-state index contributed by atoms with van der Waals surface area (Å²) >= 11 is 0. The molecule has 0 radical (unpaired) electrons. The number of nitrogens with one attached hydrogen (secondary N) is 1. The Bertz CT molecular complexity index is 851. The first kappa shape index (κ1) is 20.9. The van der Waals surface area contributed by atoms with Gasteiger partial charge in [0.05, 0.1) is 12.0 Å². The summed E-state index contributed by atoms with van der Waals surface area (Å²) in [5.41, 5.74) is 2.99. The van der Waals surface area contributed by atoms with Gasteiger partial charge in [-0.1, -0.05) is 44.2 Å². The van der Waals surface area contributed by atoms with Gasteiger partial charge in [0.25, 0.3) is 5.91 Å². The van der Waals surface area contributed by atoms with Gasteiger partial charge in [-0.05, 0) is 35.7 Å². The molecule has 1 amide bonds. The molecule has 0 saturated heterocycles. The van der Waals surface area contributed by atoms with Gasteiger partial charge in [-0.2, -0.15) is 4.31 Å². The number of aromatic hydroxyl groups is 1. The number of hydroxylamine groups is 1. The number of phenolic OH excluding ortho intramolecular Hbond substituents is 1. The van der Waals surface area contributed by atoms with Crippen LogP contribution in [0.1, 0.15) is 19.4 Å². The van der Waals surface area contributed by atoms with Crippen molar-refractivity contribution in [1.82, 2.24) is 9.79 Å². The summed E-state index contributed by atoms with van der Waals surface area (Å²) in [5.74, 6) is -0.900. The van der Waals surface area contributed by atoms with Crippen LogP contribution in [0.25, 0.3) is 0 Å². The van der Waals surface area contributed by atoms with E-state index in [0.29, 0.717) is 0 Å². The van der Waals surface area contributed by atoms with Gasteiger partial charge in [0.2, 0.25) is 10.0 Å². The van der Waals surface area contributed by atoms with Crippen molar-refractivity contribution in [2.45, 2.75) is 31.3 Å². The molecule has 2 aromatic rings. The number of carbonyl (C=O) groups is 1. The van der Waals surface area contributed by atoms with E-state index in [1.165, 1.54) is 31.4 Å². The number of hydrogen-bond donors (Lipinski definition) is 2. The van der Waals surface area contributed by atoms with Crippen molar-refractivity contribution in [1.29, 1.82) is 0 Å². The molecule has 0 unspecified atom stereocenters. The number of nitrogens with zero attached hydrogens (tertiary/aromatic N) is 1. The zero-order chi connectivity index (χ0) is 20.0. The lowest BCUT2D eigenvalue weighted by atomic mass is 10.0. The minimum atomic E-state index is -4.02. The van der Waals surface area contributed by atoms with E-state index in [1.54, 1.807) is 38.1 Å². The normalized spacial score (nSPS) is 12.9. The topological polar surface area (TPSA) is 95.9 Å². The van der Waals surface area contributed by atoms with Crippen LogP contribution in [0.3, 0.4) is 0 Å². The molecule has 1 atom stereocenters. The molecule has 7 nitrogen and oxygen atoms in total. The van der Waals surface area contributed by atoms with E-state index in [1.807, 2.05) is 6.07 Å². The number of amides is 1. The SMILES string of the molecule is CONC(=O)[C@@H](C(C)C)N(Cc1ccccc1)S(=O)(=O)c1ccc(O)cc1. The lowest BCUT2D eigenvalue weighted by Crippen LogP contribution is -2.51. The molecule has 0 aliphatic rings. The second-order valence-electron chi connectivity index (χ2n) is 6.39. The summed E-state index contributed by atoms with van der Waals surface area (Å²) in [6.07, 6.45) is 0. The van der Waals surface area contributed by atoms with Gasteiger partial charge in [0, 0.05) is 6.54 Å². The number of benzene rings is 2. The van der Waals surface area contributed by atoms with Crippen LogP contribution in [0.2, 0.25) is 0 Å². The zero-order valence-corrected chi connectivity index (χ0v) is 16.3. The van der Waals surface area contributed by atoms with Crippen molar-refractivity contribution in [2.75, 3.05) is 7.11 Å². The van der Waals surface area contributed by atoms with Gasteiger partial charge in [-0.25, -0.2) is 13.9 Å². The molecule has 0 aliphatic heterocycles. The van der Waals surface area contributed by atoms with Crippen molar-refractivity contribution in [3.05, 3.63) is 60.2 Å². The lowest BCUT2D eigenvalue weighted by molar-refractivity contribution is -0.136. The largest absolute Gasteiger partial charge is 0.508 e. The molecular weight excluding hydrogens is 368 g/mol. The number of phenols is 1. The van der Waals surface area contributed by atoms with Crippen molar-refractivity contribution < 1.29 is 23.2 Å². The summed E-state index contributed by atoms with van der Waals surface area (Å²) in [6, 6.07) is 13.3. The van der Waals surface area contributed by atoms with E-state index in [-0.39, 0.29) is 23.1 Å². The number of carbonyl (C=O) groups excluding carboxylic acids is 1. The molecular formula is C19H24N2O5S. The molecule has 27 heavy (non-hydrogen) atoms. The first-order chi connectivity index (χ1) is 12.8.